The standard InChI is InChI=1S/C12H13N7/c13-11(9-4-2-1-3-5-9)12-16-10(17-18-12)6-19-8-14-7-15-19/h1-5,7-8,11H,6,13H2,(H,16,17,18). The lowest BCUT2D eigenvalue weighted by atomic mass is 10.1. The molecule has 1 aromatic carbocycles. The molecule has 0 saturated carbocycles. The summed E-state index contributed by atoms with van der Waals surface area (Å²) in [6, 6.07) is 9.42. The number of hydrogen-bond donors (Lipinski definition) is 2. The zero-order valence-electron chi connectivity index (χ0n) is 10.1. The molecule has 7 heteroatoms. The third-order valence-electron chi connectivity index (χ3n) is 2.76. The number of nitrogens with two attached hydrogens (primary N) is 1. The number of nitrogens with one attached hydrogen (secondary N) is 1. The monoisotopic (exact) mass is 255 g/mol. The number of hydrogen-bond acceptors (Lipinski definition) is 5. The molecule has 0 amide bonds. The van der Waals surface area contributed by atoms with Gasteiger partial charge in [-0.3, -0.25) is 5.10 Å². The first-order valence-electron chi connectivity index (χ1n) is 5.87. The van der Waals surface area contributed by atoms with Crippen LogP contribution < -0.4 is 5.73 Å². The average molecular weight is 255 g/mol. The molecule has 0 radical (unpaired) electrons. The highest BCUT2D eigenvalue weighted by molar-refractivity contribution is 5.23. The van der Waals surface area contributed by atoms with Crippen molar-refractivity contribution in [3.8, 4) is 0 Å². The van der Waals surface area contributed by atoms with Crippen LogP contribution in [0.1, 0.15) is 23.3 Å². The number of nitrogens with zero attached hydrogens (tertiary/aromatic N) is 5. The van der Waals surface area contributed by atoms with Crippen LogP contribution in [-0.2, 0) is 6.54 Å². The molecule has 0 fully saturated rings. The minimum Gasteiger partial charge on any atom is -0.318 e. The maximum atomic E-state index is 6.12. The Kier molecular flexibility index (Phi) is 3.03. The van der Waals surface area contributed by atoms with Gasteiger partial charge in [0.25, 0.3) is 0 Å². The molecule has 3 N–H and O–H groups in total. The second kappa shape index (κ2) is 4.99. The van der Waals surface area contributed by atoms with Crippen molar-refractivity contribution in [1.82, 2.24) is 29.9 Å². The van der Waals surface area contributed by atoms with Crippen molar-refractivity contribution in [2.45, 2.75) is 12.6 Å². The minimum atomic E-state index is -0.332. The lowest BCUT2D eigenvalue weighted by molar-refractivity contribution is 0.655. The first-order valence-corrected chi connectivity index (χ1v) is 5.87. The molecule has 3 rings (SSSR count). The van der Waals surface area contributed by atoms with Crippen LogP contribution in [0.5, 0.6) is 0 Å². The van der Waals surface area contributed by atoms with E-state index in [0.29, 0.717) is 18.2 Å². The molecule has 96 valence electrons. The Morgan fingerprint density at radius 3 is 2.84 bits per heavy atom. The summed E-state index contributed by atoms with van der Waals surface area (Å²) in [5, 5.41) is 11.0. The third kappa shape index (κ3) is 2.50. The van der Waals surface area contributed by atoms with Crippen molar-refractivity contribution in [3.05, 3.63) is 60.2 Å². The van der Waals surface area contributed by atoms with E-state index in [2.05, 4.69) is 25.3 Å². The number of rotatable bonds is 4. The molecule has 7 nitrogen and oxygen atoms in total. The Morgan fingerprint density at radius 1 is 1.26 bits per heavy atom. The van der Waals surface area contributed by atoms with Gasteiger partial charge in [-0.1, -0.05) is 30.3 Å². The molecule has 0 aliphatic heterocycles. The van der Waals surface area contributed by atoms with Crippen LogP contribution >= 0.6 is 0 Å². The Balaban J connectivity index is 1.78. The van der Waals surface area contributed by atoms with Gasteiger partial charge in [0.15, 0.2) is 5.82 Å². The van der Waals surface area contributed by atoms with Crippen LogP contribution in [0.2, 0.25) is 0 Å². The molecule has 0 bridgehead atoms. The zero-order valence-corrected chi connectivity index (χ0v) is 10.1. The Morgan fingerprint density at radius 2 is 2.11 bits per heavy atom. The van der Waals surface area contributed by atoms with Gasteiger partial charge in [0.1, 0.15) is 25.0 Å². The lowest BCUT2D eigenvalue weighted by Crippen LogP contribution is -2.13. The molecule has 0 spiro atoms. The van der Waals surface area contributed by atoms with Gasteiger partial charge in [-0.25, -0.2) is 14.6 Å². The molecular weight excluding hydrogens is 242 g/mol. The normalized spacial score (nSPS) is 12.5. The van der Waals surface area contributed by atoms with Crippen LogP contribution in [0.25, 0.3) is 0 Å². The first-order chi connectivity index (χ1) is 9.33. The molecule has 0 aliphatic rings. The SMILES string of the molecule is NC(c1ccccc1)c1n[nH]c(Cn2cncn2)n1. The highest BCUT2D eigenvalue weighted by atomic mass is 15.3. The Hall–Kier alpha value is -2.54. The van der Waals surface area contributed by atoms with Gasteiger partial charge in [-0.2, -0.15) is 10.2 Å². The van der Waals surface area contributed by atoms with Gasteiger partial charge in [-0.05, 0) is 5.56 Å². The van der Waals surface area contributed by atoms with E-state index >= 15 is 0 Å². The fourth-order valence-corrected chi connectivity index (χ4v) is 1.80. The van der Waals surface area contributed by atoms with Gasteiger partial charge in [-0.15, -0.1) is 0 Å². The first kappa shape index (κ1) is 11.5. The second-order valence-electron chi connectivity index (χ2n) is 4.12. The lowest BCUT2D eigenvalue weighted by Gasteiger charge is -2.06. The molecular formula is C12H13N7. The van der Waals surface area contributed by atoms with E-state index in [1.807, 2.05) is 30.3 Å². The van der Waals surface area contributed by atoms with Gasteiger partial charge < -0.3 is 5.73 Å². The summed E-state index contributed by atoms with van der Waals surface area (Å²) >= 11 is 0. The van der Waals surface area contributed by atoms with E-state index < -0.39 is 0 Å². The van der Waals surface area contributed by atoms with Crippen molar-refractivity contribution in [3.63, 3.8) is 0 Å². The number of benzene rings is 1. The van der Waals surface area contributed by atoms with Gasteiger partial charge in [0.2, 0.25) is 0 Å². The van der Waals surface area contributed by atoms with Crippen molar-refractivity contribution < 1.29 is 0 Å². The molecule has 3 aromatic rings. The third-order valence-corrected chi connectivity index (χ3v) is 2.76. The smallest absolute Gasteiger partial charge is 0.171 e. The molecule has 2 heterocycles. The maximum Gasteiger partial charge on any atom is 0.171 e. The van der Waals surface area contributed by atoms with Gasteiger partial charge in [0, 0.05) is 0 Å². The van der Waals surface area contributed by atoms with Crippen LogP contribution in [0.4, 0.5) is 0 Å². The van der Waals surface area contributed by atoms with Crippen LogP contribution in [0, 0.1) is 0 Å². The average Bonchev–Trinajstić information content (AvgIpc) is 3.11. The zero-order chi connectivity index (χ0) is 13.1. The summed E-state index contributed by atoms with van der Waals surface area (Å²) in [6.07, 6.45) is 3.10. The summed E-state index contributed by atoms with van der Waals surface area (Å²) in [5.41, 5.74) is 7.10. The summed E-state index contributed by atoms with van der Waals surface area (Å²) in [4.78, 5) is 8.25. The number of aromatic nitrogens is 6. The topological polar surface area (TPSA) is 98.3 Å². The molecule has 1 unspecified atom stereocenters. The van der Waals surface area contributed by atoms with Crippen LogP contribution in [0.3, 0.4) is 0 Å². The summed E-state index contributed by atoms with van der Waals surface area (Å²) in [5.74, 6) is 1.27. The summed E-state index contributed by atoms with van der Waals surface area (Å²) < 4.78 is 1.67. The second-order valence-corrected chi connectivity index (χ2v) is 4.12. The van der Waals surface area contributed by atoms with E-state index in [9.17, 15) is 0 Å². The van der Waals surface area contributed by atoms with Crippen molar-refractivity contribution >= 4 is 0 Å². The highest BCUT2D eigenvalue weighted by Crippen LogP contribution is 2.15. The van der Waals surface area contributed by atoms with E-state index in [0.717, 1.165) is 5.56 Å². The van der Waals surface area contributed by atoms with E-state index in [1.54, 1.807) is 11.0 Å². The largest absolute Gasteiger partial charge is 0.318 e. The molecule has 1 atom stereocenters. The minimum absolute atomic E-state index is 0.332. The summed E-state index contributed by atoms with van der Waals surface area (Å²) in [7, 11) is 0. The number of H-pyrrole nitrogens is 1. The van der Waals surface area contributed by atoms with Crippen molar-refractivity contribution in [2.24, 2.45) is 5.73 Å². The highest BCUT2D eigenvalue weighted by Gasteiger charge is 2.14. The Bertz CT molecular complexity index is 629. The molecule has 19 heavy (non-hydrogen) atoms. The maximum absolute atomic E-state index is 6.12. The molecule has 0 saturated heterocycles. The fourth-order valence-electron chi connectivity index (χ4n) is 1.80. The molecule has 0 aliphatic carbocycles. The van der Waals surface area contributed by atoms with Crippen molar-refractivity contribution in [2.75, 3.05) is 0 Å². The quantitative estimate of drug-likeness (QED) is 0.707. The predicted molar refractivity (Wildman–Crippen MR) is 68.0 cm³/mol. The van der Waals surface area contributed by atoms with Gasteiger partial charge >= 0.3 is 0 Å². The predicted octanol–water partition coefficient (Wildman–Crippen LogP) is 0.493. The molecule has 2 aromatic heterocycles. The van der Waals surface area contributed by atoms with E-state index in [1.165, 1.54) is 6.33 Å². The summed E-state index contributed by atoms with van der Waals surface area (Å²) in [6.45, 7) is 0.495. The fraction of sp³-hybridized carbons (Fsp3) is 0.167. The van der Waals surface area contributed by atoms with E-state index in [-0.39, 0.29) is 6.04 Å². The van der Waals surface area contributed by atoms with Crippen molar-refractivity contribution in [1.29, 1.82) is 0 Å². The van der Waals surface area contributed by atoms with Gasteiger partial charge in [0.05, 0.1) is 6.04 Å². The van der Waals surface area contributed by atoms with Crippen LogP contribution in [-0.4, -0.2) is 29.9 Å². The Labute approximate surface area is 109 Å². The van der Waals surface area contributed by atoms with Crippen LogP contribution in [0.15, 0.2) is 43.0 Å². The number of aromatic amines is 1. The van der Waals surface area contributed by atoms with E-state index in [4.69, 9.17) is 5.73 Å².